The molecule has 2 saturated carbocycles. The van der Waals surface area contributed by atoms with Crippen LogP contribution in [0.25, 0.3) is 0 Å². The highest BCUT2D eigenvalue weighted by Crippen LogP contribution is 2.30. The van der Waals surface area contributed by atoms with Crippen molar-refractivity contribution in [1.29, 1.82) is 0 Å². The van der Waals surface area contributed by atoms with E-state index in [0.717, 1.165) is 50.9 Å². The molecular weight excluding hydrogens is 419 g/mol. The van der Waals surface area contributed by atoms with Crippen molar-refractivity contribution in [2.75, 3.05) is 13.6 Å². The predicted octanol–water partition coefficient (Wildman–Crippen LogP) is 1.77. The van der Waals surface area contributed by atoms with E-state index in [0.29, 0.717) is 6.54 Å². The molecular formula is C17H33IN4O2. The molecule has 0 aromatic rings. The topological polar surface area (TPSA) is 85.8 Å². The molecule has 6 nitrogen and oxygen atoms in total. The van der Waals surface area contributed by atoms with Crippen LogP contribution in [-0.2, 0) is 4.79 Å². The van der Waals surface area contributed by atoms with Crippen molar-refractivity contribution in [1.82, 2.24) is 16.0 Å². The summed E-state index contributed by atoms with van der Waals surface area (Å²) in [5.41, 5.74) is -0.566. The first kappa shape index (κ1) is 21.5. The number of carbonyl (C=O) groups excluding carboxylic acids is 1. The molecule has 0 saturated heterocycles. The summed E-state index contributed by atoms with van der Waals surface area (Å²) < 4.78 is 0. The van der Waals surface area contributed by atoms with Crippen molar-refractivity contribution in [3.05, 3.63) is 0 Å². The maximum Gasteiger partial charge on any atom is 0.223 e. The molecule has 0 bridgehead atoms. The second kappa shape index (κ2) is 9.79. The van der Waals surface area contributed by atoms with Gasteiger partial charge in [-0.1, -0.05) is 6.42 Å². The number of carbonyl (C=O) groups is 1. The highest BCUT2D eigenvalue weighted by Gasteiger charge is 2.34. The number of hydrogen-bond acceptors (Lipinski definition) is 3. The summed E-state index contributed by atoms with van der Waals surface area (Å²) in [5.74, 6) is 0.969. The minimum absolute atomic E-state index is 0. The normalized spacial score (nSPS) is 26.1. The van der Waals surface area contributed by atoms with Crippen molar-refractivity contribution >= 4 is 35.8 Å². The van der Waals surface area contributed by atoms with Crippen LogP contribution in [0, 0.1) is 5.92 Å². The maximum absolute atomic E-state index is 12.2. The lowest BCUT2D eigenvalue weighted by molar-refractivity contribution is -0.126. The van der Waals surface area contributed by atoms with Crippen molar-refractivity contribution in [3.8, 4) is 0 Å². The Morgan fingerprint density at radius 3 is 2.54 bits per heavy atom. The second-order valence-corrected chi connectivity index (χ2v) is 7.37. The van der Waals surface area contributed by atoms with Crippen LogP contribution in [0.5, 0.6) is 0 Å². The minimum atomic E-state index is -0.566. The number of halogens is 1. The van der Waals surface area contributed by atoms with Gasteiger partial charge in [-0.3, -0.25) is 9.79 Å². The van der Waals surface area contributed by atoms with Crippen LogP contribution in [0.4, 0.5) is 0 Å². The zero-order valence-corrected chi connectivity index (χ0v) is 17.4. The lowest BCUT2D eigenvalue weighted by Crippen LogP contribution is -2.53. The summed E-state index contributed by atoms with van der Waals surface area (Å²) in [6, 6.07) is 0.447. The Morgan fingerprint density at radius 2 is 2.00 bits per heavy atom. The molecule has 0 heterocycles. The zero-order chi connectivity index (χ0) is 16.9. The molecule has 24 heavy (non-hydrogen) atoms. The van der Waals surface area contributed by atoms with Gasteiger partial charge < -0.3 is 21.1 Å². The van der Waals surface area contributed by atoms with Gasteiger partial charge in [0.2, 0.25) is 5.91 Å². The molecule has 2 aliphatic carbocycles. The zero-order valence-electron chi connectivity index (χ0n) is 15.1. The Bertz CT molecular complexity index is 438. The van der Waals surface area contributed by atoms with E-state index >= 15 is 0 Å². The van der Waals surface area contributed by atoms with Crippen molar-refractivity contribution in [2.45, 2.75) is 76.5 Å². The Morgan fingerprint density at radius 1 is 1.29 bits per heavy atom. The summed E-state index contributed by atoms with van der Waals surface area (Å²) in [6.45, 7) is 4.53. The molecule has 1 amide bonds. The van der Waals surface area contributed by atoms with E-state index < -0.39 is 5.60 Å². The van der Waals surface area contributed by atoms with E-state index in [1.807, 2.05) is 13.8 Å². The van der Waals surface area contributed by atoms with Gasteiger partial charge in [-0.25, -0.2) is 0 Å². The first-order chi connectivity index (χ1) is 10.9. The van der Waals surface area contributed by atoms with Crippen LogP contribution < -0.4 is 16.0 Å². The molecule has 0 radical (unpaired) electrons. The molecule has 0 aromatic carbocycles. The van der Waals surface area contributed by atoms with Crippen molar-refractivity contribution in [2.24, 2.45) is 10.9 Å². The molecule has 0 aromatic heterocycles. The van der Waals surface area contributed by atoms with Crippen LogP contribution in [0.3, 0.4) is 0 Å². The van der Waals surface area contributed by atoms with Crippen LogP contribution in [0.2, 0.25) is 0 Å². The number of aliphatic hydroxyl groups is 1. The molecule has 7 heteroatoms. The second-order valence-electron chi connectivity index (χ2n) is 7.37. The number of aliphatic imine (C=N–C) groups is 1. The van der Waals surface area contributed by atoms with Gasteiger partial charge >= 0.3 is 0 Å². The van der Waals surface area contributed by atoms with Gasteiger partial charge in [-0.2, -0.15) is 0 Å². The van der Waals surface area contributed by atoms with E-state index in [9.17, 15) is 9.90 Å². The third kappa shape index (κ3) is 6.38. The summed E-state index contributed by atoms with van der Waals surface area (Å²) in [7, 11) is 1.74. The molecule has 140 valence electrons. The summed E-state index contributed by atoms with van der Waals surface area (Å²) in [5, 5.41) is 19.8. The van der Waals surface area contributed by atoms with Gasteiger partial charge in [-0.05, 0) is 52.4 Å². The van der Waals surface area contributed by atoms with Gasteiger partial charge in [0.1, 0.15) is 0 Å². The minimum Gasteiger partial charge on any atom is -0.388 e. The lowest BCUT2D eigenvalue weighted by atomic mass is 9.80. The standard InChI is InChI=1S/C17H32N4O2.HI/c1-12(2)20-15(22)13-6-4-7-14(10-13)21-16(18-3)19-11-17(23)8-5-9-17;/h12-14,23H,4-11H2,1-3H3,(H,20,22)(H2,18,19,21);1H. The molecule has 2 fully saturated rings. The highest BCUT2D eigenvalue weighted by molar-refractivity contribution is 14.0. The van der Waals surface area contributed by atoms with Gasteiger partial charge in [0, 0.05) is 31.6 Å². The largest absolute Gasteiger partial charge is 0.388 e. The number of guanidine groups is 1. The Balaban J connectivity index is 0.00000288. The molecule has 4 N–H and O–H groups in total. The molecule has 0 spiro atoms. The van der Waals surface area contributed by atoms with Crippen LogP contribution in [0.1, 0.15) is 58.8 Å². The van der Waals surface area contributed by atoms with Crippen molar-refractivity contribution in [3.63, 3.8) is 0 Å². The summed E-state index contributed by atoms with van der Waals surface area (Å²) >= 11 is 0. The number of nitrogens with one attached hydrogen (secondary N) is 3. The van der Waals surface area contributed by atoms with E-state index in [4.69, 9.17) is 0 Å². The quantitative estimate of drug-likeness (QED) is 0.291. The molecule has 2 rings (SSSR count). The maximum atomic E-state index is 12.2. The average molecular weight is 452 g/mol. The molecule has 2 aliphatic rings. The monoisotopic (exact) mass is 452 g/mol. The molecule has 0 aliphatic heterocycles. The Kier molecular flexibility index (Phi) is 8.76. The highest BCUT2D eigenvalue weighted by atomic mass is 127. The van der Waals surface area contributed by atoms with Crippen LogP contribution in [-0.4, -0.2) is 48.3 Å². The number of nitrogens with zero attached hydrogens (tertiary/aromatic N) is 1. The first-order valence-electron chi connectivity index (χ1n) is 8.92. The summed E-state index contributed by atoms with van der Waals surface area (Å²) in [4.78, 5) is 16.4. The van der Waals surface area contributed by atoms with E-state index in [1.165, 1.54) is 0 Å². The van der Waals surface area contributed by atoms with E-state index in [2.05, 4.69) is 20.9 Å². The van der Waals surface area contributed by atoms with Crippen LogP contribution in [0.15, 0.2) is 4.99 Å². The van der Waals surface area contributed by atoms with Gasteiger partial charge in [-0.15, -0.1) is 24.0 Å². The van der Waals surface area contributed by atoms with Gasteiger partial charge in [0.15, 0.2) is 5.96 Å². The van der Waals surface area contributed by atoms with Gasteiger partial charge in [0.25, 0.3) is 0 Å². The summed E-state index contributed by atoms with van der Waals surface area (Å²) in [6.07, 6.45) is 6.71. The van der Waals surface area contributed by atoms with E-state index in [-0.39, 0.29) is 47.9 Å². The lowest BCUT2D eigenvalue weighted by Gasteiger charge is -2.37. The number of amides is 1. The molecule has 2 unspecified atom stereocenters. The van der Waals surface area contributed by atoms with E-state index in [1.54, 1.807) is 7.05 Å². The third-order valence-corrected chi connectivity index (χ3v) is 4.91. The number of rotatable bonds is 5. The molecule has 2 atom stereocenters. The Hall–Kier alpha value is -0.570. The van der Waals surface area contributed by atoms with Crippen molar-refractivity contribution < 1.29 is 9.90 Å². The number of hydrogen-bond donors (Lipinski definition) is 4. The predicted molar refractivity (Wildman–Crippen MR) is 108 cm³/mol. The first-order valence-corrected chi connectivity index (χ1v) is 8.92. The van der Waals surface area contributed by atoms with Gasteiger partial charge in [0.05, 0.1) is 5.60 Å². The average Bonchev–Trinajstić information content (AvgIpc) is 2.49. The van der Waals surface area contributed by atoms with Crippen LogP contribution >= 0.6 is 24.0 Å². The Labute approximate surface area is 162 Å². The third-order valence-electron chi connectivity index (χ3n) is 4.91. The fourth-order valence-electron chi connectivity index (χ4n) is 3.36. The SMILES string of the molecule is CN=C(NCC1(O)CCC1)NC1CCCC(C(=O)NC(C)C)C1.I. The smallest absolute Gasteiger partial charge is 0.223 e. The fraction of sp³-hybridized carbons (Fsp3) is 0.882. The fourth-order valence-corrected chi connectivity index (χ4v) is 3.36.